The zero-order valence-electron chi connectivity index (χ0n) is 34.5. The van der Waals surface area contributed by atoms with Gasteiger partial charge in [0.05, 0.1) is 18.8 Å². The van der Waals surface area contributed by atoms with Crippen LogP contribution < -0.4 is 5.32 Å². The van der Waals surface area contributed by atoms with Gasteiger partial charge in [0, 0.05) is 0 Å². The first-order chi connectivity index (χ1) is 26.0. The normalized spacial score (nSPS) is 14.8. The number of rotatable bonds is 39. The van der Waals surface area contributed by atoms with Gasteiger partial charge in [0.25, 0.3) is 0 Å². The molecule has 6 heteroatoms. The Morgan fingerprint density at radius 2 is 0.849 bits per heavy atom. The second-order valence-corrected chi connectivity index (χ2v) is 15.0. The van der Waals surface area contributed by atoms with Gasteiger partial charge in [0.2, 0.25) is 5.91 Å². The molecule has 0 saturated carbocycles. The van der Waals surface area contributed by atoms with Gasteiger partial charge >= 0.3 is 0 Å². The molecule has 0 aliphatic heterocycles. The molecule has 4 unspecified atom stereocenters. The molecular formula is C47H85NO5. The molecule has 0 aliphatic carbocycles. The molecule has 5 N–H and O–H groups in total. The number of unbranched alkanes of at least 4 members (excludes halogenated alkanes) is 21. The quantitative estimate of drug-likeness (QED) is 0.0245. The molecule has 1 amide bonds. The largest absolute Gasteiger partial charge is 0.394 e. The third-order valence-corrected chi connectivity index (χ3v) is 9.93. The Morgan fingerprint density at radius 1 is 0.472 bits per heavy atom. The maximum atomic E-state index is 12.5. The number of aliphatic hydroxyl groups is 4. The highest BCUT2D eigenvalue weighted by molar-refractivity contribution is 5.80. The molecule has 0 aliphatic rings. The summed E-state index contributed by atoms with van der Waals surface area (Å²) in [7, 11) is 0. The lowest BCUT2D eigenvalue weighted by molar-refractivity contribution is -0.132. The molecule has 0 radical (unpaired) electrons. The van der Waals surface area contributed by atoms with E-state index in [1.807, 2.05) is 0 Å². The van der Waals surface area contributed by atoms with Crippen LogP contribution in [0.3, 0.4) is 0 Å². The SMILES string of the molecule is CCCCC/C=C\C=C/CCCCCCCCCCCC(O)C(=O)NC(CO)C(O)C(O)CCC/C=C/CC/C=C/CC/C=C/CCCCCCCC. The van der Waals surface area contributed by atoms with Crippen LogP contribution in [-0.2, 0) is 4.79 Å². The van der Waals surface area contributed by atoms with Crippen molar-refractivity contribution in [3.63, 3.8) is 0 Å². The molecule has 0 aromatic heterocycles. The molecule has 6 nitrogen and oxygen atoms in total. The van der Waals surface area contributed by atoms with Crippen molar-refractivity contribution in [1.82, 2.24) is 5.32 Å². The molecule has 0 spiro atoms. The van der Waals surface area contributed by atoms with Crippen molar-refractivity contribution in [2.45, 2.75) is 224 Å². The summed E-state index contributed by atoms with van der Waals surface area (Å²) in [6.07, 6.45) is 51.0. The van der Waals surface area contributed by atoms with Crippen LogP contribution in [0.25, 0.3) is 0 Å². The summed E-state index contributed by atoms with van der Waals surface area (Å²) in [6, 6.07) is -1.02. The van der Waals surface area contributed by atoms with Gasteiger partial charge in [-0.1, -0.05) is 171 Å². The lowest BCUT2D eigenvalue weighted by Crippen LogP contribution is -2.53. The maximum Gasteiger partial charge on any atom is 0.249 e. The van der Waals surface area contributed by atoms with Gasteiger partial charge in [-0.15, -0.1) is 0 Å². The van der Waals surface area contributed by atoms with Crippen LogP contribution in [-0.4, -0.2) is 57.3 Å². The number of carbonyl (C=O) groups is 1. The lowest BCUT2D eigenvalue weighted by atomic mass is 10.00. The Labute approximate surface area is 327 Å². The van der Waals surface area contributed by atoms with Gasteiger partial charge in [-0.2, -0.15) is 0 Å². The van der Waals surface area contributed by atoms with Gasteiger partial charge in [0.1, 0.15) is 12.2 Å². The van der Waals surface area contributed by atoms with E-state index >= 15 is 0 Å². The monoisotopic (exact) mass is 744 g/mol. The fourth-order valence-electron chi connectivity index (χ4n) is 6.37. The van der Waals surface area contributed by atoms with Crippen LogP contribution in [0.4, 0.5) is 0 Å². The number of amides is 1. The molecule has 0 aromatic carbocycles. The van der Waals surface area contributed by atoms with E-state index in [1.54, 1.807) is 0 Å². The van der Waals surface area contributed by atoms with Crippen LogP contribution in [0.15, 0.2) is 60.8 Å². The maximum absolute atomic E-state index is 12.5. The highest BCUT2D eigenvalue weighted by Gasteiger charge is 2.28. The number of hydrogen-bond donors (Lipinski definition) is 5. The zero-order chi connectivity index (χ0) is 38.9. The molecule has 4 atom stereocenters. The minimum atomic E-state index is -1.30. The van der Waals surface area contributed by atoms with E-state index in [1.165, 1.54) is 109 Å². The number of carbonyl (C=O) groups excluding carboxylic acids is 1. The number of nitrogens with one attached hydrogen (secondary N) is 1. The lowest BCUT2D eigenvalue weighted by Gasteiger charge is -2.27. The summed E-state index contributed by atoms with van der Waals surface area (Å²) in [5.74, 6) is -0.606. The van der Waals surface area contributed by atoms with Crippen LogP contribution >= 0.6 is 0 Å². The third-order valence-electron chi connectivity index (χ3n) is 9.93. The molecule has 0 aromatic rings. The number of hydrogen-bond acceptors (Lipinski definition) is 5. The summed E-state index contributed by atoms with van der Waals surface area (Å²) < 4.78 is 0. The Hall–Kier alpha value is -1.99. The highest BCUT2D eigenvalue weighted by Crippen LogP contribution is 2.14. The smallest absolute Gasteiger partial charge is 0.249 e. The first-order valence-electron chi connectivity index (χ1n) is 22.2. The zero-order valence-corrected chi connectivity index (χ0v) is 34.5. The predicted molar refractivity (Wildman–Crippen MR) is 228 cm³/mol. The van der Waals surface area contributed by atoms with Crippen molar-refractivity contribution in [2.24, 2.45) is 0 Å². The van der Waals surface area contributed by atoms with Gasteiger partial charge in [-0.25, -0.2) is 0 Å². The summed E-state index contributed by atoms with van der Waals surface area (Å²) in [6.45, 7) is 3.99. The molecule has 0 fully saturated rings. The van der Waals surface area contributed by atoms with Gasteiger partial charge in [-0.3, -0.25) is 4.79 Å². The summed E-state index contributed by atoms with van der Waals surface area (Å²) >= 11 is 0. The molecule has 53 heavy (non-hydrogen) atoms. The summed E-state index contributed by atoms with van der Waals surface area (Å²) in [5.41, 5.74) is 0. The standard InChI is InChI=1S/C47H85NO5/c1-3-5-7-9-11-13-15-17-19-21-23-25-26-28-30-32-34-36-38-40-44(50)46(52)43(42-49)48-47(53)45(51)41-39-37-35-33-31-29-27-24-22-20-18-16-14-12-10-8-6-4-2/h12,14,16-19,25-26,32,34,43-46,49-52H,3-11,13,15,20-24,27-31,33,35-42H2,1-2H3,(H,48,53)/b14-12-,18-16-,19-17+,26-25+,34-32+. The van der Waals surface area contributed by atoms with E-state index in [4.69, 9.17) is 0 Å². The van der Waals surface area contributed by atoms with Crippen LogP contribution in [0.2, 0.25) is 0 Å². The molecule has 0 saturated heterocycles. The Kier molecular flexibility index (Phi) is 39.6. The van der Waals surface area contributed by atoms with Crippen LogP contribution in [0.1, 0.15) is 200 Å². The molecule has 0 bridgehead atoms. The first kappa shape index (κ1) is 51.0. The van der Waals surface area contributed by atoms with Crippen molar-refractivity contribution in [2.75, 3.05) is 6.61 Å². The topological polar surface area (TPSA) is 110 Å². The van der Waals surface area contributed by atoms with E-state index < -0.39 is 36.9 Å². The summed E-state index contributed by atoms with van der Waals surface area (Å²) in [4.78, 5) is 12.5. The summed E-state index contributed by atoms with van der Waals surface area (Å²) in [5, 5.41) is 43.7. The molecule has 0 rings (SSSR count). The minimum Gasteiger partial charge on any atom is -0.394 e. The van der Waals surface area contributed by atoms with Crippen molar-refractivity contribution < 1.29 is 25.2 Å². The van der Waals surface area contributed by atoms with Crippen molar-refractivity contribution in [1.29, 1.82) is 0 Å². The fourth-order valence-corrected chi connectivity index (χ4v) is 6.37. The van der Waals surface area contributed by atoms with E-state index in [-0.39, 0.29) is 0 Å². The van der Waals surface area contributed by atoms with E-state index in [0.717, 1.165) is 57.8 Å². The fraction of sp³-hybridized carbons (Fsp3) is 0.766. The van der Waals surface area contributed by atoms with Crippen molar-refractivity contribution >= 4 is 5.91 Å². The van der Waals surface area contributed by atoms with Gasteiger partial charge < -0.3 is 25.7 Å². The van der Waals surface area contributed by atoms with Gasteiger partial charge in [0.15, 0.2) is 0 Å². The average molecular weight is 744 g/mol. The molecule has 0 heterocycles. The van der Waals surface area contributed by atoms with Gasteiger partial charge in [-0.05, 0) is 89.9 Å². The molecular weight excluding hydrogens is 659 g/mol. The van der Waals surface area contributed by atoms with E-state index in [9.17, 15) is 25.2 Å². The van der Waals surface area contributed by atoms with E-state index in [2.05, 4.69) is 79.9 Å². The number of aliphatic hydroxyl groups excluding tert-OH is 4. The molecule has 308 valence electrons. The Balaban J connectivity index is 3.85. The second-order valence-electron chi connectivity index (χ2n) is 15.0. The minimum absolute atomic E-state index is 0.350. The van der Waals surface area contributed by atoms with Crippen LogP contribution in [0, 0.1) is 0 Å². The second kappa shape index (κ2) is 41.2. The number of allylic oxidation sites excluding steroid dienone is 10. The first-order valence-corrected chi connectivity index (χ1v) is 22.2. The third kappa shape index (κ3) is 35.5. The van der Waals surface area contributed by atoms with E-state index in [0.29, 0.717) is 19.3 Å². The highest BCUT2D eigenvalue weighted by atomic mass is 16.3. The van der Waals surface area contributed by atoms with Crippen molar-refractivity contribution in [3.05, 3.63) is 60.8 Å². The average Bonchev–Trinajstić information content (AvgIpc) is 3.16. The predicted octanol–water partition coefficient (Wildman–Crippen LogP) is 11.7. The van der Waals surface area contributed by atoms with Crippen LogP contribution in [0.5, 0.6) is 0 Å². The Bertz CT molecular complexity index is 926. The van der Waals surface area contributed by atoms with Crippen molar-refractivity contribution in [3.8, 4) is 0 Å². The Morgan fingerprint density at radius 3 is 1.34 bits per heavy atom.